The van der Waals surface area contributed by atoms with Crippen LogP contribution in [0.3, 0.4) is 0 Å². The molecule has 106 valence electrons. The van der Waals surface area contributed by atoms with Crippen LogP contribution in [0.25, 0.3) is 0 Å². The predicted molar refractivity (Wildman–Crippen MR) is 77.9 cm³/mol. The van der Waals surface area contributed by atoms with Crippen molar-refractivity contribution in [2.75, 3.05) is 0 Å². The second kappa shape index (κ2) is 6.38. The Bertz CT molecular complexity index is 243. The predicted octanol–water partition coefficient (Wildman–Crippen LogP) is 3.72. The van der Waals surface area contributed by atoms with E-state index in [1.807, 2.05) is 0 Å². The lowest BCUT2D eigenvalue weighted by atomic mass is 9.68. The number of rotatable bonds is 3. The molecule has 0 bridgehead atoms. The number of nitrogens with one attached hydrogen (secondary N) is 1. The second-order valence-electron chi connectivity index (χ2n) is 7.40. The molecule has 0 spiro atoms. The summed E-state index contributed by atoms with van der Waals surface area (Å²) < 4.78 is 0. The summed E-state index contributed by atoms with van der Waals surface area (Å²) in [6.45, 7) is 7.24. The van der Waals surface area contributed by atoms with E-state index in [0.717, 1.165) is 29.6 Å². The largest absolute Gasteiger partial charge is 0.271 e. The van der Waals surface area contributed by atoms with Crippen molar-refractivity contribution in [2.45, 2.75) is 71.8 Å². The van der Waals surface area contributed by atoms with Crippen molar-refractivity contribution in [2.24, 2.45) is 35.4 Å². The molecule has 18 heavy (non-hydrogen) atoms. The topological polar surface area (TPSA) is 38.0 Å². The summed E-state index contributed by atoms with van der Waals surface area (Å²) in [6.07, 6.45) is 9.77. The van der Waals surface area contributed by atoms with Gasteiger partial charge in [-0.1, -0.05) is 33.6 Å². The third-order valence-corrected chi connectivity index (χ3v) is 5.40. The zero-order valence-corrected chi connectivity index (χ0v) is 12.5. The highest BCUT2D eigenvalue weighted by Gasteiger charge is 2.35. The molecule has 2 saturated carbocycles. The van der Waals surface area contributed by atoms with Gasteiger partial charge in [0.25, 0.3) is 0 Å². The average Bonchev–Trinajstić information content (AvgIpc) is 2.28. The summed E-state index contributed by atoms with van der Waals surface area (Å²) in [4.78, 5) is 0. The van der Waals surface area contributed by atoms with E-state index in [4.69, 9.17) is 5.84 Å². The number of hydrogen-bond donors (Lipinski definition) is 2. The minimum Gasteiger partial charge on any atom is -0.271 e. The monoisotopic (exact) mass is 252 g/mol. The van der Waals surface area contributed by atoms with Crippen LogP contribution in [0.15, 0.2) is 0 Å². The van der Waals surface area contributed by atoms with Crippen LogP contribution in [0.1, 0.15) is 65.7 Å². The molecule has 5 unspecified atom stereocenters. The Morgan fingerprint density at radius 1 is 0.833 bits per heavy atom. The lowest BCUT2D eigenvalue weighted by Crippen LogP contribution is -2.49. The van der Waals surface area contributed by atoms with Gasteiger partial charge < -0.3 is 0 Å². The molecule has 0 amide bonds. The Hall–Kier alpha value is -0.0800. The lowest BCUT2D eigenvalue weighted by molar-refractivity contribution is 0.114. The Morgan fingerprint density at radius 2 is 1.44 bits per heavy atom. The molecule has 2 heteroatoms. The van der Waals surface area contributed by atoms with Crippen LogP contribution in [-0.4, -0.2) is 6.04 Å². The van der Waals surface area contributed by atoms with E-state index in [1.165, 1.54) is 44.9 Å². The van der Waals surface area contributed by atoms with Crippen LogP contribution in [0.5, 0.6) is 0 Å². The van der Waals surface area contributed by atoms with Crippen LogP contribution in [0.2, 0.25) is 0 Å². The highest BCUT2D eigenvalue weighted by atomic mass is 15.2. The van der Waals surface area contributed by atoms with Gasteiger partial charge in [0.15, 0.2) is 0 Å². The lowest BCUT2D eigenvalue weighted by Gasteiger charge is -2.42. The van der Waals surface area contributed by atoms with Crippen LogP contribution < -0.4 is 11.3 Å². The summed E-state index contributed by atoms with van der Waals surface area (Å²) in [5.41, 5.74) is 3.20. The smallest absolute Gasteiger partial charge is 0.0267 e. The zero-order chi connectivity index (χ0) is 13.1. The quantitative estimate of drug-likeness (QED) is 0.593. The first-order chi connectivity index (χ1) is 8.60. The van der Waals surface area contributed by atoms with E-state index in [1.54, 1.807) is 0 Å². The fourth-order valence-electron chi connectivity index (χ4n) is 4.77. The Labute approximate surface area is 113 Å². The first kappa shape index (κ1) is 14.3. The number of hydrogen-bond acceptors (Lipinski definition) is 2. The minimum atomic E-state index is 0.568. The normalized spacial score (nSPS) is 43.7. The molecule has 2 rings (SSSR count). The fourth-order valence-corrected chi connectivity index (χ4v) is 4.77. The van der Waals surface area contributed by atoms with Crippen molar-refractivity contribution in [1.82, 2.24) is 5.43 Å². The van der Waals surface area contributed by atoms with Gasteiger partial charge in [-0.15, -0.1) is 0 Å². The molecule has 0 aromatic heterocycles. The Morgan fingerprint density at radius 3 is 2.00 bits per heavy atom. The van der Waals surface area contributed by atoms with Gasteiger partial charge in [-0.3, -0.25) is 11.3 Å². The maximum Gasteiger partial charge on any atom is 0.0267 e. The van der Waals surface area contributed by atoms with Gasteiger partial charge in [-0.2, -0.15) is 0 Å². The number of hydrazine groups is 1. The zero-order valence-electron chi connectivity index (χ0n) is 12.5. The molecule has 2 aliphatic carbocycles. The molecule has 0 aromatic rings. The van der Waals surface area contributed by atoms with E-state index in [-0.39, 0.29) is 0 Å². The van der Waals surface area contributed by atoms with Crippen LogP contribution >= 0.6 is 0 Å². The van der Waals surface area contributed by atoms with Crippen LogP contribution in [0.4, 0.5) is 0 Å². The Balaban J connectivity index is 1.98. The summed E-state index contributed by atoms with van der Waals surface area (Å²) >= 11 is 0. The maximum atomic E-state index is 5.92. The van der Waals surface area contributed by atoms with E-state index >= 15 is 0 Å². The van der Waals surface area contributed by atoms with E-state index < -0.39 is 0 Å². The minimum absolute atomic E-state index is 0.568. The maximum absolute atomic E-state index is 5.92. The average molecular weight is 252 g/mol. The Kier molecular flexibility index (Phi) is 5.08. The van der Waals surface area contributed by atoms with Gasteiger partial charge in [0, 0.05) is 6.04 Å². The first-order valence-corrected chi connectivity index (χ1v) is 8.06. The van der Waals surface area contributed by atoms with Crippen molar-refractivity contribution in [3.8, 4) is 0 Å². The number of nitrogens with two attached hydrogens (primary N) is 1. The van der Waals surface area contributed by atoms with Gasteiger partial charge in [-0.25, -0.2) is 0 Å². The molecule has 0 radical (unpaired) electrons. The molecular formula is C16H32N2. The van der Waals surface area contributed by atoms with Crippen LogP contribution in [0, 0.1) is 29.6 Å². The summed E-state index contributed by atoms with van der Waals surface area (Å²) in [5.74, 6) is 10.2. The molecule has 2 nitrogen and oxygen atoms in total. The van der Waals surface area contributed by atoms with E-state index in [9.17, 15) is 0 Å². The van der Waals surface area contributed by atoms with Crippen LogP contribution in [-0.2, 0) is 0 Å². The molecule has 5 atom stereocenters. The third-order valence-electron chi connectivity index (χ3n) is 5.40. The summed E-state index contributed by atoms with van der Waals surface area (Å²) in [5, 5.41) is 0. The molecule has 0 saturated heterocycles. The fraction of sp³-hybridized carbons (Fsp3) is 1.00. The van der Waals surface area contributed by atoms with Gasteiger partial charge in [0.1, 0.15) is 0 Å². The standard InChI is InChI=1S/C16H32N2/c1-11-5-4-6-14(8-11)16(18-17)15-9-12(2)7-13(3)10-15/h11-16,18H,4-10,17H2,1-3H3. The molecule has 0 aromatic carbocycles. The van der Waals surface area contributed by atoms with Gasteiger partial charge >= 0.3 is 0 Å². The second-order valence-corrected chi connectivity index (χ2v) is 7.40. The van der Waals surface area contributed by atoms with Gasteiger partial charge in [0.2, 0.25) is 0 Å². The van der Waals surface area contributed by atoms with E-state index in [0.29, 0.717) is 6.04 Å². The molecular weight excluding hydrogens is 220 g/mol. The van der Waals surface area contributed by atoms with Gasteiger partial charge in [0.05, 0.1) is 0 Å². The van der Waals surface area contributed by atoms with Crippen molar-refractivity contribution in [3.63, 3.8) is 0 Å². The molecule has 2 fully saturated rings. The summed E-state index contributed by atoms with van der Waals surface area (Å²) in [7, 11) is 0. The highest BCUT2D eigenvalue weighted by molar-refractivity contribution is 4.89. The van der Waals surface area contributed by atoms with Crippen molar-refractivity contribution < 1.29 is 0 Å². The van der Waals surface area contributed by atoms with E-state index in [2.05, 4.69) is 26.2 Å². The SMILES string of the molecule is CC1CCCC(C(NN)C2CC(C)CC(C)C2)C1. The van der Waals surface area contributed by atoms with Crippen molar-refractivity contribution in [1.29, 1.82) is 0 Å². The molecule has 3 N–H and O–H groups in total. The van der Waals surface area contributed by atoms with Gasteiger partial charge in [-0.05, 0) is 61.7 Å². The molecule has 2 aliphatic rings. The molecule has 0 aliphatic heterocycles. The third kappa shape index (κ3) is 3.48. The highest BCUT2D eigenvalue weighted by Crippen LogP contribution is 2.40. The van der Waals surface area contributed by atoms with Crippen molar-refractivity contribution in [3.05, 3.63) is 0 Å². The first-order valence-electron chi connectivity index (χ1n) is 8.06. The molecule has 0 heterocycles. The summed E-state index contributed by atoms with van der Waals surface area (Å²) in [6, 6.07) is 0.568. The van der Waals surface area contributed by atoms with Crippen molar-refractivity contribution >= 4 is 0 Å².